The smallest absolute Gasteiger partial charge is 0.156 e. The molecule has 0 fully saturated rings. The highest BCUT2D eigenvalue weighted by Crippen LogP contribution is 2.42. The van der Waals surface area contributed by atoms with Gasteiger partial charge >= 0.3 is 0 Å². The maximum Gasteiger partial charge on any atom is 0.156 e. The van der Waals surface area contributed by atoms with Crippen molar-refractivity contribution in [1.29, 1.82) is 0 Å². The summed E-state index contributed by atoms with van der Waals surface area (Å²) in [5.74, 6) is 0. The summed E-state index contributed by atoms with van der Waals surface area (Å²) in [4.78, 5) is 1.33. The number of hydrogen-bond acceptors (Lipinski definition) is 3. The number of aryl methyl sites for hydroxylation is 4. The molecule has 3 nitrogen and oxygen atoms in total. The van der Waals surface area contributed by atoms with Crippen LogP contribution in [0.15, 0.2) is 29.6 Å². The van der Waals surface area contributed by atoms with Crippen molar-refractivity contribution in [2.45, 2.75) is 33.9 Å². The van der Waals surface area contributed by atoms with E-state index in [-0.39, 0.29) is 6.17 Å². The number of hydrogen-bond donors (Lipinski definition) is 1. The number of benzene rings is 1. The van der Waals surface area contributed by atoms with Crippen LogP contribution in [0.25, 0.3) is 11.3 Å². The van der Waals surface area contributed by atoms with Gasteiger partial charge in [-0.05, 0) is 62.4 Å². The van der Waals surface area contributed by atoms with Gasteiger partial charge in [0.15, 0.2) is 6.17 Å². The molecule has 1 aliphatic heterocycles. The second kappa shape index (κ2) is 4.71. The molecule has 0 radical (unpaired) electrons. The summed E-state index contributed by atoms with van der Waals surface area (Å²) in [6.07, 6.45) is 0.0811. The first-order valence-electron chi connectivity index (χ1n) is 7.53. The zero-order valence-electron chi connectivity index (χ0n) is 13.3. The van der Waals surface area contributed by atoms with E-state index in [9.17, 15) is 0 Å². The van der Waals surface area contributed by atoms with Gasteiger partial charge in [0.25, 0.3) is 0 Å². The molecule has 0 saturated heterocycles. The van der Waals surface area contributed by atoms with Crippen molar-refractivity contribution < 1.29 is 0 Å². The van der Waals surface area contributed by atoms with Gasteiger partial charge in [-0.15, -0.1) is 11.3 Å². The van der Waals surface area contributed by atoms with Crippen LogP contribution >= 0.6 is 11.3 Å². The summed E-state index contributed by atoms with van der Waals surface area (Å²) in [5, 5.41) is 10.6. The molecule has 4 rings (SSSR count). The lowest BCUT2D eigenvalue weighted by Gasteiger charge is -2.30. The summed E-state index contributed by atoms with van der Waals surface area (Å²) < 4.78 is 2.13. The predicted molar refractivity (Wildman–Crippen MR) is 92.7 cm³/mol. The van der Waals surface area contributed by atoms with Crippen molar-refractivity contribution in [2.24, 2.45) is 0 Å². The van der Waals surface area contributed by atoms with Crippen molar-refractivity contribution in [3.63, 3.8) is 0 Å². The molecule has 1 aromatic carbocycles. The normalized spacial score (nSPS) is 16.1. The number of nitrogens with one attached hydrogen (secondary N) is 1. The van der Waals surface area contributed by atoms with E-state index in [0.29, 0.717) is 0 Å². The number of thiophene rings is 1. The van der Waals surface area contributed by atoms with Crippen LogP contribution in [0.4, 0.5) is 5.69 Å². The van der Waals surface area contributed by atoms with Crippen LogP contribution in [0.2, 0.25) is 0 Å². The monoisotopic (exact) mass is 309 g/mol. The van der Waals surface area contributed by atoms with Crippen molar-refractivity contribution in [2.75, 3.05) is 5.32 Å². The molecule has 0 bridgehead atoms. The maximum atomic E-state index is 4.75. The molecular weight excluding hydrogens is 290 g/mol. The van der Waals surface area contributed by atoms with Gasteiger partial charge in [-0.1, -0.05) is 11.6 Å². The molecule has 0 aliphatic carbocycles. The molecule has 4 heteroatoms. The van der Waals surface area contributed by atoms with Crippen LogP contribution in [0.5, 0.6) is 0 Å². The van der Waals surface area contributed by atoms with Gasteiger partial charge in [0.1, 0.15) is 0 Å². The minimum atomic E-state index is 0.0811. The second-order valence-electron chi connectivity index (χ2n) is 6.13. The Bertz CT molecular complexity index is 873. The van der Waals surface area contributed by atoms with E-state index in [1.807, 2.05) is 0 Å². The average molecular weight is 309 g/mol. The molecule has 0 saturated carbocycles. The molecule has 2 aromatic heterocycles. The minimum Gasteiger partial charge on any atom is -0.359 e. The summed E-state index contributed by atoms with van der Waals surface area (Å²) in [6.45, 7) is 8.56. The minimum absolute atomic E-state index is 0.0811. The van der Waals surface area contributed by atoms with Crippen LogP contribution in [0, 0.1) is 27.7 Å². The topological polar surface area (TPSA) is 29.9 Å². The zero-order chi connectivity index (χ0) is 15.4. The Morgan fingerprint density at radius 3 is 2.64 bits per heavy atom. The summed E-state index contributed by atoms with van der Waals surface area (Å²) >= 11 is 1.79. The fourth-order valence-corrected chi connectivity index (χ4v) is 4.28. The molecule has 22 heavy (non-hydrogen) atoms. The van der Waals surface area contributed by atoms with E-state index < -0.39 is 0 Å². The van der Waals surface area contributed by atoms with Gasteiger partial charge in [-0.2, -0.15) is 5.10 Å². The van der Waals surface area contributed by atoms with Crippen molar-refractivity contribution in [1.82, 2.24) is 9.78 Å². The standard InChI is InChI=1S/C18H19N3S/c1-10-7-12(3)16-14(8-10)15-9-13(4)20-21(15)18(19-16)17-11(2)5-6-22-17/h5-9,18-19H,1-4H3/t18-/m1/s1. The Kier molecular flexibility index (Phi) is 2.91. The molecule has 0 spiro atoms. The highest BCUT2D eigenvalue weighted by atomic mass is 32.1. The van der Waals surface area contributed by atoms with Crippen LogP contribution in [-0.4, -0.2) is 9.78 Å². The number of aromatic nitrogens is 2. The number of nitrogens with zero attached hydrogens (tertiary/aromatic N) is 2. The summed E-state index contributed by atoms with van der Waals surface area (Å²) in [5.41, 5.74) is 8.64. The molecule has 1 aliphatic rings. The summed E-state index contributed by atoms with van der Waals surface area (Å²) in [6, 6.07) is 8.85. The van der Waals surface area contributed by atoms with Gasteiger partial charge in [-0.25, -0.2) is 4.68 Å². The first-order chi connectivity index (χ1) is 10.5. The summed E-state index contributed by atoms with van der Waals surface area (Å²) in [7, 11) is 0. The number of rotatable bonds is 1. The van der Waals surface area contributed by atoms with E-state index in [4.69, 9.17) is 5.10 Å². The Morgan fingerprint density at radius 2 is 1.91 bits per heavy atom. The lowest BCUT2D eigenvalue weighted by atomic mass is 9.99. The molecule has 0 amide bonds. The second-order valence-corrected chi connectivity index (χ2v) is 7.08. The first kappa shape index (κ1) is 13.6. The highest BCUT2D eigenvalue weighted by molar-refractivity contribution is 7.10. The Morgan fingerprint density at radius 1 is 1.09 bits per heavy atom. The van der Waals surface area contributed by atoms with Gasteiger partial charge in [0, 0.05) is 11.3 Å². The van der Waals surface area contributed by atoms with Gasteiger partial charge in [0.2, 0.25) is 0 Å². The predicted octanol–water partition coefficient (Wildman–Crippen LogP) is 4.82. The lowest BCUT2D eigenvalue weighted by molar-refractivity contribution is 0.576. The third-order valence-corrected chi connectivity index (χ3v) is 5.36. The van der Waals surface area contributed by atoms with E-state index in [2.05, 4.69) is 67.3 Å². The SMILES string of the molecule is Cc1cc(C)c2c(c1)-c1cc(C)nn1[C@H](c1sccc1C)N2. The van der Waals surface area contributed by atoms with Gasteiger partial charge in [-0.3, -0.25) is 0 Å². The zero-order valence-corrected chi connectivity index (χ0v) is 14.1. The van der Waals surface area contributed by atoms with E-state index >= 15 is 0 Å². The molecule has 3 aromatic rings. The van der Waals surface area contributed by atoms with Gasteiger partial charge < -0.3 is 5.32 Å². The molecule has 1 N–H and O–H groups in total. The largest absolute Gasteiger partial charge is 0.359 e. The number of fused-ring (bicyclic) bond motifs is 3. The van der Waals surface area contributed by atoms with Gasteiger partial charge in [0.05, 0.1) is 16.3 Å². The maximum absolute atomic E-state index is 4.75. The molecule has 3 heterocycles. The van der Waals surface area contributed by atoms with Crippen molar-refractivity contribution in [3.05, 3.63) is 56.9 Å². The Balaban J connectivity index is 1.98. The third kappa shape index (κ3) is 1.91. The average Bonchev–Trinajstić information content (AvgIpc) is 3.04. The molecule has 0 unspecified atom stereocenters. The van der Waals surface area contributed by atoms with E-state index in [0.717, 1.165) is 5.69 Å². The quantitative estimate of drug-likeness (QED) is 0.698. The number of anilines is 1. The van der Waals surface area contributed by atoms with Crippen LogP contribution in [-0.2, 0) is 0 Å². The fourth-order valence-electron chi connectivity index (χ4n) is 3.31. The Hall–Kier alpha value is -2.07. The van der Waals surface area contributed by atoms with Crippen LogP contribution in [0.3, 0.4) is 0 Å². The highest BCUT2D eigenvalue weighted by Gasteiger charge is 2.29. The Labute approximate surface area is 134 Å². The molecule has 1 atom stereocenters. The lowest BCUT2D eigenvalue weighted by Crippen LogP contribution is -2.26. The van der Waals surface area contributed by atoms with E-state index in [1.165, 1.54) is 38.5 Å². The molecular formula is C18H19N3S. The van der Waals surface area contributed by atoms with Crippen LogP contribution in [0.1, 0.15) is 33.4 Å². The fraction of sp³-hybridized carbons (Fsp3) is 0.278. The first-order valence-corrected chi connectivity index (χ1v) is 8.41. The molecule has 112 valence electrons. The van der Waals surface area contributed by atoms with Crippen molar-refractivity contribution >= 4 is 17.0 Å². The van der Waals surface area contributed by atoms with Crippen LogP contribution < -0.4 is 5.32 Å². The van der Waals surface area contributed by atoms with Crippen molar-refractivity contribution in [3.8, 4) is 11.3 Å². The van der Waals surface area contributed by atoms with E-state index in [1.54, 1.807) is 11.3 Å². The third-order valence-electron chi connectivity index (χ3n) is 4.29.